The number of rotatable bonds is 7. The van der Waals surface area contributed by atoms with Crippen LogP contribution in [0.15, 0.2) is 60.1 Å². The van der Waals surface area contributed by atoms with E-state index in [1.54, 1.807) is 42.6 Å². The predicted octanol–water partition coefficient (Wildman–Crippen LogP) is 5.49. The number of allylic oxidation sites excluding steroid dienone is 1. The number of anilines is 1. The molecule has 0 spiro atoms. The van der Waals surface area contributed by atoms with E-state index in [2.05, 4.69) is 16.4 Å². The van der Waals surface area contributed by atoms with Crippen LogP contribution in [0.1, 0.15) is 28.7 Å². The zero-order valence-corrected chi connectivity index (χ0v) is 16.5. The summed E-state index contributed by atoms with van der Waals surface area (Å²) in [6.07, 6.45) is 2.34. The Morgan fingerprint density at radius 1 is 1.24 bits per heavy atom. The van der Waals surface area contributed by atoms with Gasteiger partial charge in [0.05, 0.1) is 17.9 Å². The van der Waals surface area contributed by atoms with Gasteiger partial charge in [0.2, 0.25) is 0 Å². The van der Waals surface area contributed by atoms with Crippen molar-refractivity contribution in [3.05, 3.63) is 76.5 Å². The molecule has 1 N–H and O–H groups in total. The zero-order valence-electron chi connectivity index (χ0n) is 15.7. The number of thiazole rings is 1. The van der Waals surface area contributed by atoms with Crippen molar-refractivity contribution in [3.8, 4) is 17.3 Å². The van der Waals surface area contributed by atoms with E-state index >= 15 is 0 Å². The molecule has 0 bridgehead atoms. The second-order valence-corrected chi connectivity index (χ2v) is 6.93. The maximum Gasteiger partial charge on any atom is 0.338 e. The lowest BCUT2D eigenvalue weighted by Crippen LogP contribution is -2.05. The lowest BCUT2D eigenvalue weighted by molar-refractivity contribution is 0.0505. The van der Waals surface area contributed by atoms with Gasteiger partial charge in [0, 0.05) is 22.8 Å². The van der Waals surface area contributed by atoms with E-state index in [9.17, 15) is 14.4 Å². The van der Waals surface area contributed by atoms with Crippen LogP contribution in [0.3, 0.4) is 0 Å². The number of nitrogens with zero attached hydrogens (tertiary/aromatic N) is 2. The van der Waals surface area contributed by atoms with Gasteiger partial charge in [0.25, 0.3) is 0 Å². The number of ether oxygens (including phenoxy) is 1. The van der Waals surface area contributed by atoms with E-state index in [1.165, 1.54) is 23.5 Å². The second-order valence-electron chi connectivity index (χ2n) is 6.07. The van der Waals surface area contributed by atoms with Crippen molar-refractivity contribution in [3.63, 3.8) is 0 Å². The van der Waals surface area contributed by atoms with Crippen molar-refractivity contribution in [1.29, 1.82) is 5.26 Å². The summed E-state index contributed by atoms with van der Waals surface area (Å²) in [7, 11) is 0. The highest BCUT2D eigenvalue weighted by molar-refractivity contribution is 7.11. The number of benzene rings is 2. The third kappa shape index (κ3) is 5.27. The van der Waals surface area contributed by atoms with E-state index in [0.717, 1.165) is 17.7 Å². The Labute approximate surface area is 172 Å². The van der Waals surface area contributed by atoms with Crippen LogP contribution in [0.2, 0.25) is 0 Å². The Balaban J connectivity index is 1.70. The van der Waals surface area contributed by atoms with E-state index < -0.39 is 0 Å². The number of halogens is 1. The van der Waals surface area contributed by atoms with Crippen LogP contribution in [0.25, 0.3) is 16.8 Å². The van der Waals surface area contributed by atoms with Crippen LogP contribution >= 0.6 is 11.3 Å². The summed E-state index contributed by atoms with van der Waals surface area (Å²) in [5.41, 5.74) is 3.03. The molecule has 3 aromatic rings. The minimum Gasteiger partial charge on any atom is -0.462 e. The van der Waals surface area contributed by atoms with Crippen LogP contribution in [0.5, 0.6) is 0 Å². The topological polar surface area (TPSA) is 75.0 Å². The summed E-state index contributed by atoms with van der Waals surface area (Å²) in [6.45, 7) is 2.32. The van der Waals surface area contributed by atoms with Crippen molar-refractivity contribution >= 4 is 28.6 Å². The maximum atomic E-state index is 13.1. The van der Waals surface area contributed by atoms with Gasteiger partial charge in [-0.2, -0.15) is 5.26 Å². The molecule has 1 aromatic heterocycles. The van der Waals surface area contributed by atoms with Crippen molar-refractivity contribution in [2.75, 3.05) is 11.9 Å². The minimum atomic E-state index is -0.359. The van der Waals surface area contributed by atoms with Crippen LogP contribution in [-0.4, -0.2) is 17.6 Å². The molecule has 0 unspecified atom stereocenters. The monoisotopic (exact) mass is 407 g/mol. The summed E-state index contributed by atoms with van der Waals surface area (Å²) >= 11 is 1.33. The van der Waals surface area contributed by atoms with Gasteiger partial charge >= 0.3 is 5.97 Å². The van der Waals surface area contributed by atoms with Gasteiger partial charge in [-0.25, -0.2) is 14.2 Å². The molecule has 0 aliphatic carbocycles. The van der Waals surface area contributed by atoms with Gasteiger partial charge in [-0.3, -0.25) is 0 Å². The van der Waals surface area contributed by atoms with Gasteiger partial charge in [-0.15, -0.1) is 11.3 Å². The van der Waals surface area contributed by atoms with Gasteiger partial charge in [0.1, 0.15) is 22.5 Å². The van der Waals surface area contributed by atoms with Crippen LogP contribution in [-0.2, 0) is 4.74 Å². The average Bonchev–Trinajstić information content (AvgIpc) is 3.23. The lowest BCUT2D eigenvalue weighted by Gasteiger charge is -2.05. The molecule has 2 aromatic carbocycles. The first-order valence-electron chi connectivity index (χ1n) is 8.96. The summed E-state index contributed by atoms with van der Waals surface area (Å²) < 4.78 is 18.2. The fourth-order valence-corrected chi connectivity index (χ4v) is 3.22. The molecule has 5 nitrogen and oxygen atoms in total. The predicted molar refractivity (Wildman–Crippen MR) is 112 cm³/mol. The highest BCUT2D eigenvalue weighted by atomic mass is 32.1. The molecular formula is C22H18FN3O2S. The van der Waals surface area contributed by atoms with E-state index in [1.807, 2.05) is 12.3 Å². The first-order valence-corrected chi connectivity index (χ1v) is 9.84. The number of carbonyl (C=O) groups excluding carboxylic acids is 1. The number of hydrogen-bond acceptors (Lipinski definition) is 6. The molecule has 146 valence electrons. The van der Waals surface area contributed by atoms with Gasteiger partial charge < -0.3 is 10.1 Å². The van der Waals surface area contributed by atoms with Crippen molar-refractivity contribution in [2.45, 2.75) is 13.3 Å². The largest absolute Gasteiger partial charge is 0.462 e. The highest BCUT2D eigenvalue weighted by Crippen LogP contribution is 2.26. The molecule has 0 fully saturated rings. The summed E-state index contributed by atoms with van der Waals surface area (Å²) in [5.74, 6) is -0.668. The molecule has 7 heteroatoms. The number of carbonyl (C=O) groups is 1. The Hall–Kier alpha value is -3.50. The Morgan fingerprint density at radius 2 is 1.97 bits per heavy atom. The number of aromatic nitrogens is 1. The van der Waals surface area contributed by atoms with Crippen LogP contribution < -0.4 is 5.32 Å². The van der Waals surface area contributed by atoms with Crippen LogP contribution in [0.4, 0.5) is 10.1 Å². The fraction of sp³-hybridized carbons (Fsp3) is 0.136. The van der Waals surface area contributed by atoms with Gasteiger partial charge in [0.15, 0.2) is 0 Å². The third-order valence-corrected chi connectivity index (χ3v) is 4.81. The Kier molecular flexibility index (Phi) is 6.72. The maximum absolute atomic E-state index is 13.1. The smallest absolute Gasteiger partial charge is 0.338 e. The molecule has 0 radical (unpaired) electrons. The molecule has 0 atom stereocenters. The summed E-state index contributed by atoms with van der Waals surface area (Å²) in [5, 5.41) is 14.9. The number of hydrogen-bond donors (Lipinski definition) is 1. The zero-order chi connectivity index (χ0) is 20.6. The standard InChI is InChI=1S/C22H18FN3O2S/c1-2-11-28-22(27)16-5-9-19(10-6-16)25-13-17(12-24)21-26-20(14-29-21)15-3-7-18(23)8-4-15/h3-10,13-14,25H,2,11H2,1H3/b17-13+. The first-order chi connectivity index (χ1) is 14.1. The number of nitriles is 1. The third-order valence-electron chi connectivity index (χ3n) is 3.94. The molecule has 0 aliphatic heterocycles. The number of nitrogens with one attached hydrogen (secondary N) is 1. The molecular weight excluding hydrogens is 389 g/mol. The van der Waals surface area contributed by atoms with Gasteiger partial charge in [-0.1, -0.05) is 6.92 Å². The Morgan fingerprint density at radius 3 is 2.62 bits per heavy atom. The van der Waals surface area contributed by atoms with E-state index in [4.69, 9.17) is 4.74 Å². The van der Waals surface area contributed by atoms with Crippen molar-refractivity contribution < 1.29 is 13.9 Å². The average molecular weight is 407 g/mol. The molecule has 0 amide bonds. The molecule has 0 saturated carbocycles. The normalized spacial score (nSPS) is 11.0. The van der Waals surface area contributed by atoms with E-state index in [-0.39, 0.29) is 11.8 Å². The lowest BCUT2D eigenvalue weighted by atomic mass is 10.2. The second kappa shape index (κ2) is 9.62. The minimum absolute atomic E-state index is 0.310. The number of esters is 1. The molecule has 29 heavy (non-hydrogen) atoms. The molecule has 0 aliphatic rings. The summed E-state index contributed by atoms with van der Waals surface area (Å²) in [6, 6.07) is 15.0. The highest BCUT2D eigenvalue weighted by Gasteiger charge is 2.10. The fourth-order valence-electron chi connectivity index (χ4n) is 2.43. The summed E-state index contributed by atoms with van der Waals surface area (Å²) in [4.78, 5) is 16.3. The van der Waals surface area contributed by atoms with Crippen molar-refractivity contribution in [2.24, 2.45) is 0 Å². The quantitative estimate of drug-likeness (QED) is 0.414. The molecule has 3 rings (SSSR count). The van der Waals surface area contributed by atoms with Crippen molar-refractivity contribution in [1.82, 2.24) is 4.98 Å². The van der Waals surface area contributed by atoms with E-state index in [0.29, 0.717) is 28.4 Å². The molecule has 1 heterocycles. The first kappa shape index (κ1) is 20.2. The SMILES string of the molecule is CCCOC(=O)c1ccc(N/C=C(\C#N)c2nc(-c3ccc(F)cc3)cs2)cc1. The Bertz CT molecular complexity index is 1050. The van der Waals surface area contributed by atoms with Crippen LogP contribution in [0, 0.1) is 17.1 Å². The van der Waals surface area contributed by atoms with Gasteiger partial charge in [-0.05, 0) is 55.0 Å². The molecule has 0 saturated heterocycles.